The third-order valence-electron chi connectivity index (χ3n) is 2.78. The molecule has 0 aromatic heterocycles. The first-order valence-corrected chi connectivity index (χ1v) is 5.25. The van der Waals surface area contributed by atoms with Gasteiger partial charge < -0.3 is 5.11 Å². The van der Waals surface area contributed by atoms with E-state index in [0.29, 0.717) is 30.6 Å². The fourth-order valence-corrected chi connectivity index (χ4v) is 1.89. The summed E-state index contributed by atoms with van der Waals surface area (Å²) in [5, 5.41) is 9.50. The predicted octanol–water partition coefficient (Wildman–Crippen LogP) is 2.79. The van der Waals surface area contributed by atoms with Crippen LogP contribution in [0.4, 0.5) is 0 Å². The Kier molecular flexibility index (Phi) is 2.86. The van der Waals surface area contributed by atoms with Gasteiger partial charge in [0, 0.05) is 18.4 Å². The van der Waals surface area contributed by atoms with Crippen LogP contribution in [0.2, 0.25) is 0 Å². The lowest BCUT2D eigenvalue weighted by Crippen LogP contribution is -1.98. The molecular weight excluding hydrogens is 188 g/mol. The summed E-state index contributed by atoms with van der Waals surface area (Å²) in [5.74, 6) is 0.416. The fourth-order valence-electron chi connectivity index (χ4n) is 1.89. The molecule has 0 radical (unpaired) electrons. The number of rotatable bonds is 3. The molecule has 2 heteroatoms. The monoisotopic (exact) mass is 202 g/mol. The number of ketones is 1. The standard InChI is InChI=1S/C13H14O2/c14-12-8-9-13(15)11(12)7-6-10-4-2-1-3-5-10/h1-5,14H,6-9H2. The maximum atomic E-state index is 11.4. The van der Waals surface area contributed by atoms with E-state index in [1.807, 2.05) is 30.3 Å². The molecule has 1 aliphatic carbocycles. The third kappa shape index (κ3) is 2.27. The van der Waals surface area contributed by atoms with Crippen LogP contribution in [-0.4, -0.2) is 10.9 Å². The van der Waals surface area contributed by atoms with Gasteiger partial charge in [0.2, 0.25) is 0 Å². The molecule has 2 rings (SSSR count). The number of hydrogen-bond acceptors (Lipinski definition) is 2. The molecule has 0 bridgehead atoms. The van der Waals surface area contributed by atoms with Crippen LogP contribution in [0.1, 0.15) is 24.8 Å². The highest BCUT2D eigenvalue weighted by Crippen LogP contribution is 2.24. The number of aliphatic hydroxyl groups is 1. The van der Waals surface area contributed by atoms with Gasteiger partial charge in [0.25, 0.3) is 0 Å². The van der Waals surface area contributed by atoms with Gasteiger partial charge in [-0.05, 0) is 18.4 Å². The molecule has 0 saturated carbocycles. The molecular formula is C13H14O2. The predicted molar refractivity (Wildman–Crippen MR) is 58.7 cm³/mol. The zero-order valence-electron chi connectivity index (χ0n) is 8.57. The summed E-state index contributed by atoms with van der Waals surface area (Å²) < 4.78 is 0. The topological polar surface area (TPSA) is 37.3 Å². The Hall–Kier alpha value is -1.57. The van der Waals surface area contributed by atoms with Crippen LogP contribution in [0, 0.1) is 0 Å². The van der Waals surface area contributed by atoms with E-state index in [0.717, 1.165) is 6.42 Å². The minimum atomic E-state index is 0.114. The van der Waals surface area contributed by atoms with Crippen molar-refractivity contribution in [3.05, 3.63) is 47.2 Å². The van der Waals surface area contributed by atoms with E-state index in [1.165, 1.54) is 5.56 Å². The summed E-state index contributed by atoms with van der Waals surface area (Å²) in [6.45, 7) is 0. The van der Waals surface area contributed by atoms with Crippen LogP contribution in [0.3, 0.4) is 0 Å². The van der Waals surface area contributed by atoms with E-state index in [4.69, 9.17) is 0 Å². The fraction of sp³-hybridized carbons (Fsp3) is 0.308. The average Bonchev–Trinajstić information content (AvgIpc) is 2.58. The van der Waals surface area contributed by atoms with E-state index < -0.39 is 0 Å². The van der Waals surface area contributed by atoms with Crippen molar-refractivity contribution in [1.82, 2.24) is 0 Å². The van der Waals surface area contributed by atoms with Gasteiger partial charge >= 0.3 is 0 Å². The summed E-state index contributed by atoms with van der Waals surface area (Å²) in [6.07, 6.45) is 2.50. The highest BCUT2D eigenvalue weighted by Gasteiger charge is 2.21. The molecule has 0 amide bonds. The summed E-state index contributed by atoms with van der Waals surface area (Å²) >= 11 is 0. The first kappa shape index (κ1) is 9.97. The van der Waals surface area contributed by atoms with Crippen molar-refractivity contribution < 1.29 is 9.90 Å². The molecule has 1 aromatic rings. The van der Waals surface area contributed by atoms with E-state index in [1.54, 1.807) is 0 Å². The molecule has 1 N–H and O–H groups in total. The molecule has 0 heterocycles. The summed E-state index contributed by atoms with van der Waals surface area (Å²) in [7, 11) is 0. The lowest BCUT2D eigenvalue weighted by atomic mass is 10.0. The zero-order valence-corrected chi connectivity index (χ0v) is 8.57. The smallest absolute Gasteiger partial charge is 0.162 e. The number of Topliss-reactive ketones (excluding diaryl/α,β-unsaturated/α-hetero) is 1. The van der Waals surface area contributed by atoms with Crippen molar-refractivity contribution in [1.29, 1.82) is 0 Å². The number of carbonyl (C=O) groups excluding carboxylic acids is 1. The SMILES string of the molecule is O=C1CCC(O)=C1CCc1ccccc1. The Morgan fingerprint density at radius 2 is 1.80 bits per heavy atom. The quantitative estimate of drug-likeness (QED) is 0.818. The van der Waals surface area contributed by atoms with Crippen molar-refractivity contribution in [2.45, 2.75) is 25.7 Å². The Bertz CT molecular complexity index is 390. The molecule has 0 atom stereocenters. The van der Waals surface area contributed by atoms with E-state index >= 15 is 0 Å². The van der Waals surface area contributed by atoms with Crippen LogP contribution in [-0.2, 0) is 11.2 Å². The number of aliphatic hydroxyl groups excluding tert-OH is 1. The first-order chi connectivity index (χ1) is 7.27. The van der Waals surface area contributed by atoms with Crippen molar-refractivity contribution in [3.8, 4) is 0 Å². The molecule has 0 spiro atoms. The molecule has 0 aliphatic heterocycles. The number of allylic oxidation sites excluding steroid dienone is 2. The number of carbonyl (C=O) groups is 1. The Morgan fingerprint density at radius 3 is 2.40 bits per heavy atom. The second-order valence-electron chi connectivity index (χ2n) is 3.83. The van der Waals surface area contributed by atoms with Gasteiger partial charge in [-0.15, -0.1) is 0 Å². The van der Waals surface area contributed by atoms with Crippen LogP contribution in [0.15, 0.2) is 41.7 Å². The Balaban J connectivity index is 2.00. The molecule has 1 aliphatic rings. The lowest BCUT2D eigenvalue weighted by molar-refractivity contribution is -0.115. The van der Waals surface area contributed by atoms with Crippen molar-refractivity contribution in [3.63, 3.8) is 0 Å². The Labute approximate surface area is 89.2 Å². The average molecular weight is 202 g/mol. The normalized spacial score (nSPS) is 16.1. The van der Waals surface area contributed by atoms with Crippen LogP contribution >= 0.6 is 0 Å². The highest BCUT2D eigenvalue weighted by atomic mass is 16.3. The molecule has 1 aromatic carbocycles. The number of benzene rings is 1. The number of hydrogen-bond donors (Lipinski definition) is 1. The molecule has 78 valence electrons. The van der Waals surface area contributed by atoms with Gasteiger partial charge in [-0.2, -0.15) is 0 Å². The first-order valence-electron chi connectivity index (χ1n) is 5.25. The van der Waals surface area contributed by atoms with Gasteiger partial charge in [-0.3, -0.25) is 4.79 Å². The van der Waals surface area contributed by atoms with Gasteiger partial charge in [0.05, 0.1) is 5.76 Å². The largest absolute Gasteiger partial charge is 0.512 e. The van der Waals surface area contributed by atoms with Gasteiger partial charge in [0.1, 0.15) is 0 Å². The zero-order chi connectivity index (χ0) is 10.7. The van der Waals surface area contributed by atoms with Crippen LogP contribution in [0.25, 0.3) is 0 Å². The molecule has 0 fully saturated rings. The van der Waals surface area contributed by atoms with Crippen molar-refractivity contribution >= 4 is 5.78 Å². The molecule has 0 saturated heterocycles. The van der Waals surface area contributed by atoms with Gasteiger partial charge in [0.15, 0.2) is 5.78 Å². The molecule has 2 nitrogen and oxygen atoms in total. The summed E-state index contributed by atoms with van der Waals surface area (Å²) in [4.78, 5) is 11.4. The van der Waals surface area contributed by atoms with E-state index in [9.17, 15) is 9.90 Å². The van der Waals surface area contributed by atoms with E-state index in [2.05, 4.69) is 0 Å². The molecule has 0 unspecified atom stereocenters. The maximum absolute atomic E-state index is 11.4. The minimum absolute atomic E-state index is 0.114. The summed E-state index contributed by atoms with van der Waals surface area (Å²) in [5.41, 5.74) is 1.84. The second-order valence-corrected chi connectivity index (χ2v) is 3.83. The third-order valence-corrected chi connectivity index (χ3v) is 2.78. The highest BCUT2D eigenvalue weighted by molar-refractivity contribution is 5.98. The van der Waals surface area contributed by atoms with Gasteiger partial charge in [-0.1, -0.05) is 30.3 Å². The lowest BCUT2D eigenvalue weighted by Gasteiger charge is -2.02. The van der Waals surface area contributed by atoms with E-state index in [-0.39, 0.29) is 5.78 Å². The van der Waals surface area contributed by atoms with Crippen molar-refractivity contribution in [2.75, 3.05) is 0 Å². The minimum Gasteiger partial charge on any atom is -0.512 e. The van der Waals surface area contributed by atoms with Crippen LogP contribution < -0.4 is 0 Å². The van der Waals surface area contributed by atoms with Gasteiger partial charge in [-0.25, -0.2) is 0 Å². The molecule has 15 heavy (non-hydrogen) atoms. The Morgan fingerprint density at radius 1 is 1.07 bits per heavy atom. The summed E-state index contributed by atoms with van der Waals surface area (Å²) in [6, 6.07) is 10.0. The second kappa shape index (κ2) is 4.30. The number of aryl methyl sites for hydroxylation is 1. The van der Waals surface area contributed by atoms with Crippen LogP contribution in [0.5, 0.6) is 0 Å². The van der Waals surface area contributed by atoms with Crippen molar-refractivity contribution in [2.24, 2.45) is 0 Å². The maximum Gasteiger partial charge on any atom is 0.162 e.